The average Bonchev–Trinajstić information content (AvgIpc) is 3.49. The number of rotatable bonds is 3. The third-order valence-corrected chi connectivity index (χ3v) is 10.1. The molecule has 1 aromatic carbocycles. The largest absolute Gasteiger partial charge is 0.457 e. The van der Waals surface area contributed by atoms with Crippen molar-refractivity contribution in [1.29, 1.82) is 0 Å². The molecule has 32 heavy (non-hydrogen) atoms. The standard InChI is InChI=1S/C27H34O5/c1-24-12-10-18(28)14-17(24)8-9-20-21-11-13-26(30,25(21,2)15-22(29)23(20)24)27(16-31-27)32-19-6-4-3-5-7-19/h3-7,14,20-23,29-30H,8-13,15-16H2,1-2H3/t20-,21-,22?,23+,24-,25-,26+,27?/m0/s1. The van der Waals surface area contributed by atoms with Gasteiger partial charge in [-0.25, -0.2) is 0 Å². The van der Waals surface area contributed by atoms with Crippen LogP contribution in [0.5, 0.6) is 5.75 Å². The minimum atomic E-state index is -1.15. The highest BCUT2D eigenvalue weighted by Gasteiger charge is 2.77. The molecule has 2 unspecified atom stereocenters. The Morgan fingerprint density at radius 2 is 1.84 bits per heavy atom. The normalized spacial score (nSPS) is 49.5. The number of para-hydroxylation sites is 1. The fourth-order valence-corrected chi connectivity index (χ4v) is 8.44. The lowest BCUT2D eigenvalue weighted by molar-refractivity contribution is -0.226. The molecule has 0 aromatic heterocycles. The van der Waals surface area contributed by atoms with Gasteiger partial charge in [0, 0.05) is 11.8 Å². The predicted molar refractivity (Wildman–Crippen MR) is 119 cm³/mol. The van der Waals surface area contributed by atoms with Crippen LogP contribution in [0.1, 0.15) is 58.8 Å². The first-order valence-electron chi connectivity index (χ1n) is 12.2. The lowest BCUT2D eigenvalue weighted by Crippen LogP contribution is -2.64. The zero-order chi connectivity index (χ0) is 22.4. The second kappa shape index (κ2) is 6.68. The van der Waals surface area contributed by atoms with E-state index >= 15 is 0 Å². The van der Waals surface area contributed by atoms with Crippen molar-refractivity contribution in [1.82, 2.24) is 0 Å². The Balaban J connectivity index is 1.34. The predicted octanol–water partition coefficient (Wildman–Crippen LogP) is 4.03. The number of benzene rings is 1. The van der Waals surface area contributed by atoms with E-state index in [-0.39, 0.29) is 17.1 Å². The molecule has 0 amide bonds. The summed E-state index contributed by atoms with van der Waals surface area (Å²) in [4.78, 5) is 12.1. The van der Waals surface area contributed by atoms with Crippen LogP contribution < -0.4 is 4.74 Å². The molecule has 172 valence electrons. The van der Waals surface area contributed by atoms with Gasteiger partial charge < -0.3 is 19.7 Å². The van der Waals surface area contributed by atoms with Crippen LogP contribution in [0, 0.1) is 28.6 Å². The molecular weight excluding hydrogens is 404 g/mol. The van der Waals surface area contributed by atoms with Gasteiger partial charge in [0.05, 0.1) is 6.10 Å². The summed E-state index contributed by atoms with van der Waals surface area (Å²) in [7, 11) is 0. The Bertz CT molecular complexity index is 968. The van der Waals surface area contributed by atoms with E-state index in [2.05, 4.69) is 13.8 Å². The first-order chi connectivity index (χ1) is 15.2. The van der Waals surface area contributed by atoms with Crippen LogP contribution in [0.4, 0.5) is 0 Å². The van der Waals surface area contributed by atoms with Crippen LogP contribution in [0.3, 0.4) is 0 Å². The van der Waals surface area contributed by atoms with Crippen LogP contribution in [0.2, 0.25) is 0 Å². The second-order valence-corrected chi connectivity index (χ2v) is 11.4. The summed E-state index contributed by atoms with van der Waals surface area (Å²) in [6.45, 7) is 4.79. The topological polar surface area (TPSA) is 79.3 Å². The number of hydrogen-bond acceptors (Lipinski definition) is 5. The SMILES string of the molecule is C[C@]12CCC(=O)C=C1CC[C@@H]1[C@@H]2C(O)C[C@@]2(C)[C@H]1CC[C@]2(O)C1(Oc2ccccc2)CO1. The highest BCUT2D eigenvalue weighted by atomic mass is 16.8. The summed E-state index contributed by atoms with van der Waals surface area (Å²) in [5.41, 5.74) is -0.514. The van der Waals surface area contributed by atoms with Gasteiger partial charge in [0.15, 0.2) is 5.78 Å². The van der Waals surface area contributed by atoms with E-state index in [4.69, 9.17) is 9.47 Å². The molecule has 5 nitrogen and oxygen atoms in total. The minimum Gasteiger partial charge on any atom is -0.457 e. The molecule has 0 bridgehead atoms. The summed E-state index contributed by atoms with van der Waals surface area (Å²) < 4.78 is 12.2. The number of fused-ring (bicyclic) bond motifs is 5. The number of hydrogen-bond donors (Lipinski definition) is 2. The molecule has 6 rings (SSSR count). The second-order valence-electron chi connectivity index (χ2n) is 11.4. The van der Waals surface area contributed by atoms with E-state index in [1.54, 1.807) is 0 Å². The third-order valence-electron chi connectivity index (χ3n) is 10.1. The first-order valence-corrected chi connectivity index (χ1v) is 12.2. The summed E-state index contributed by atoms with van der Waals surface area (Å²) in [5, 5.41) is 23.8. The molecule has 5 aliphatic rings. The van der Waals surface area contributed by atoms with Crippen molar-refractivity contribution in [2.24, 2.45) is 28.6 Å². The molecule has 1 saturated heterocycles. The molecule has 2 N–H and O–H groups in total. The summed E-state index contributed by atoms with van der Waals surface area (Å²) in [5.74, 6) is 0.671. The van der Waals surface area contributed by atoms with Crippen molar-refractivity contribution in [3.8, 4) is 5.75 Å². The van der Waals surface area contributed by atoms with Crippen LogP contribution in [0.25, 0.3) is 0 Å². The zero-order valence-corrected chi connectivity index (χ0v) is 19.0. The summed E-state index contributed by atoms with van der Waals surface area (Å²) >= 11 is 0. The highest BCUT2D eigenvalue weighted by molar-refractivity contribution is 5.91. The Kier molecular flexibility index (Phi) is 4.36. The van der Waals surface area contributed by atoms with Crippen molar-refractivity contribution in [3.63, 3.8) is 0 Å². The van der Waals surface area contributed by atoms with Crippen molar-refractivity contribution in [2.75, 3.05) is 6.61 Å². The number of allylic oxidation sites excluding steroid dienone is 1. The average molecular weight is 439 g/mol. The lowest BCUT2D eigenvalue weighted by Gasteiger charge is -2.61. The fourth-order valence-electron chi connectivity index (χ4n) is 8.44. The number of epoxide rings is 1. The molecule has 1 heterocycles. The Hall–Kier alpha value is -1.69. The number of aliphatic hydroxyl groups excluding tert-OH is 1. The first kappa shape index (κ1) is 20.9. The number of carbonyl (C=O) groups is 1. The molecular formula is C27H34O5. The lowest BCUT2D eigenvalue weighted by atomic mass is 9.45. The van der Waals surface area contributed by atoms with Gasteiger partial charge in [-0.1, -0.05) is 37.6 Å². The van der Waals surface area contributed by atoms with Crippen LogP contribution in [-0.2, 0) is 9.53 Å². The molecule has 0 radical (unpaired) electrons. The van der Waals surface area contributed by atoms with Crippen LogP contribution in [0.15, 0.2) is 42.0 Å². The maximum Gasteiger partial charge on any atom is 0.264 e. The molecule has 3 saturated carbocycles. The van der Waals surface area contributed by atoms with Crippen molar-refractivity contribution < 1.29 is 24.5 Å². The summed E-state index contributed by atoms with van der Waals surface area (Å²) in [6.07, 6.45) is 6.72. The molecule has 4 fully saturated rings. The zero-order valence-electron chi connectivity index (χ0n) is 19.0. The molecule has 0 spiro atoms. The van der Waals surface area contributed by atoms with Gasteiger partial charge in [-0.2, -0.15) is 0 Å². The molecule has 1 aromatic rings. The van der Waals surface area contributed by atoms with Crippen molar-refractivity contribution in [2.45, 2.75) is 76.3 Å². The van der Waals surface area contributed by atoms with Gasteiger partial charge in [-0.05, 0) is 79.9 Å². The Labute approximate surface area is 189 Å². The van der Waals surface area contributed by atoms with Gasteiger partial charge in [0.1, 0.15) is 18.0 Å². The third kappa shape index (κ3) is 2.59. The van der Waals surface area contributed by atoms with Gasteiger partial charge >= 0.3 is 0 Å². The fraction of sp³-hybridized carbons (Fsp3) is 0.667. The molecule has 5 heteroatoms. The van der Waals surface area contributed by atoms with E-state index in [1.807, 2.05) is 36.4 Å². The minimum absolute atomic E-state index is 0.118. The molecule has 4 aliphatic carbocycles. The molecule has 8 atom stereocenters. The smallest absolute Gasteiger partial charge is 0.264 e. The van der Waals surface area contributed by atoms with E-state index in [0.29, 0.717) is 43.5 Å². The number of aliphatic hydroxyl groups is 2. The van der Waals surface area contributed by atoms with E-state index in [1.165, 1.54) is 5.57 Å². The maximum atomic E-state index is 12.2. The maximum absolute atomic E-state index is 12.2. The monoisotopic (exact) mass is 438 g/mol. The van der Waals surface area contributed by atoms with E-state index < -0.39 is 22.9 Å². The number of ketones is 1. The van der Waals surface area contributed by atoms with Gasteiger partial charge in [-0.3, -0.25) is 4.79 Å². The van der Waals surface area contributed by atoms with Gasteiger partial charge in [-0.15, -0.1) is 0 Å². The van der Waals surface area contributed by atoms with Crippen LogP contribution >= 0.6 is 0 Å². The molecule has 1 aliphatic heterocycles. The Morgan fingerprint density at radius 3 is 2.56 bits per heavy atom. The quantitative estimate of drug-likeness (QED) is 0.697. The highest BCUT2D eigenvalue weighted by Crippen LogP contribution is 2.70. The van der Waals surface area contributed by atoms with Crippen molar-refractivity contribution in [3.05, 3.63) is 42.0 Å². The van der Waals surface area contributed by atoms with E-state index in [9.17, 15) is 15.0 Å². The Morgan fingerprint density at radius 1 is 1.09 bits per heavy atom. The van der Waals surface area contributed by atoms with Crippen LogP contribution in [-0.4, -0.2) is 40.1 Å². The summed E-state index contributed by atoms with van der Waals surface area (Å²) in [6, 6.07) is 9.58. The van der Waals surface area contributed by atoms with Gasteiger partial charge in [0.25, 0.3) is 5.79 Å². The van der Waals surface area contributed by atoms with Gasteiger partial charge in [0.2, 0.25) is 0 Å². The number of ether oxygens (including phenoxy) is 2. The van der Waals surface area contributed by atoms with E-state index in [0.717, 1.165) is 25.7 Å². The van der Waals surface area contributed by atoms with Crippen molar-refractivity contribution >= 4 is 5.78 Å². The number of carbonyl (C=O) groups excluding carboxylic acids is 1.